The molecule has 0 saturated carbocycles. The number of aliphatic hydroxyl groups excluding tert-OH is 4. The summed E-state index contributed by atoms with van der Waals surface area (Å²) >= 11 is 0. The molecule has 14 heteroatoms. The monoisotopic (exact) mass is 1000 g/mol. The van der Waals surface area contributed by atoms with Crippen molar-refractivity contribution in [3.05, 3.63) is 78.4 Å². The first-order valence-electron chi connectivity index (χ1n) is 25.2. The minimum absolute atomic E-state index is 0. The summed E-state index contributed by atoms with van der Waals surface area (Å²) in [5, 5.41) is 41.9. The summed E-state index contributed by atoms with van der Waals surface area (Å²) in [6, 6.07) is 14.4. The molecule has 0 aliphatic heterocycles. The van der Waals surface area contributed by atoms with Gasteiger partial charge in [0.2, 0.25) is 0 Å². The molecule has 0 aliphatic carbocycles. The summed E-state index contributed by atoms with van der Waals surface area (Å²) in [5.74, 6) is 2.28. The number of ether oxygens (including phenoxy) is 3. The number of aliphatic hydroxyl groups is 4. The SMILES string of the molecule is C#CCCCCCCCCCCCC(O)CC(O)COC(C)=O.C=CCCCCCCCCCCCC(O)CC(O)COC(C)=O.CNCCC(Oc1ccc(C(F)(F)F)cc1)c1ccccc1.Cl. The van der Waals surface area contributed by atoms with Crippen molar-refractivity contribution in [2.45, 2.75) is 211 Å². The summed E-state index contributed by atoms with van der Waals surface area (Å²) in [5.41, 5.74) is 0.323. The molecule has 0 fully saturated rings. The molecule has 396 valence electrons. The third-order valence-corrected chi connectivity index (χ3v) is 11.1. The van der Waals surface area contributed by atoms with Crippen LogP contribution in [-0.2, 0) is 25.2 Å². The van der Waals surface area contributed by atoms with Gasteiger partial charge in [-0.25, -0.2) is 0 Å². The first kappa shape index (κ1) is 67.4. The first-order valence-corrected chi connectivity index (χ1v) is 25.2. The molecule has 0 spiro atoms. The van der Waals surface area contributed by atoms with Crippen LogP contribution in [0.4, 0.5) is 13.2 Å². The summed E-state index contributed by atoms with van der Waals surface area (Å²) < 4.78 is 53.0. The van der Waals surface area contributed by atoms with Gasteiger partial charge in [0.15, 0.2) is 0 Å². The van der Waals surface area contributed by atoms with E-state index in [1.165, 1.54) is 109 Å². The fourth-order valence-electron chi connectivity index (χ4n) is 7.30. The third-order valence-electron chi connectivity index (χ3n) is 11.1. The van der Waals surface area contributed by atoms with Crippen molar-refractivity contribution < 1.29 is 57.4 Å². The van der Waals surface area contributed by atoms with E-state index in [4.69, 9.17) is 20.6 Å². The smallest absolute Gasteiger partial charge is 0.416 e. The maximum absolute atomic E-state index is 12.6. The van der Waals surface area contributed by atoms with Gasteiger partial charge in [-0.1, -0.05) is 139 Å². The zero-order chi connectivity index (χ0) is 50.7. The molecule has 0 aliphatic rings. The van der Waals surface area contributed by atoms with Crippen LogP contribution in [0.1, 0.15) is 192 Å². The van der Waals surface area contributed by atoms with Crippen LogP contribution in [0.25, 0.3) is 0 Å². The number of terminal acetylenes is 1. The standard InChI is InChI=1S/C19H36O4.C19H34O4.C17H18F3NO.ClH/c2*1-3-4-5-6-7-8-9-10-11-12-13-14-18(21)15-19(22)16-23-17(2)20;1-21-12-11-16(13-5-3-2-4-6-13)22-15-9-7-14(8-10-15)17(18,19)20;/h3,18-19,21-22H,1,4-16H2,2H3;1,18-19,21-22H,4-16H2,2H3;2-10,16,21H,11-12H2,1H3;1H. The van der Waals surface area contributed by atoms with Crippen LogP contribution in [0.15, 0.2) is 67.3 Å². The van der Waals surface area contributed by atoms with Crippen LogP contribution >= 0.6 is 12.4 Å². The van der Waals surface area contributed by atoms with Crippen molar-refractivity contribution in [2.75, 3.05) is 26.8 Å². The second-order valence-corrected chi connectivity index (χ2v) is 17.6. The molecule has 0 saturated heterocycles. The fraction of sp³-hybridized carbons (Fsp3) is 0.673. The third kappa shape index (κ3) is 42.9. The number of hydrogen-bond acceptors (Lipinski definition) is 10. The van der Waals surface area contributed by atoms with E-state index < -0.39 is 48.1 Å². The first-order chi connectivity index (χ1) is 32.6. The highest BCUT2D eigenvalue weighted by atomic mass is 35.5. The van der Waals surface area contributed by atoms with Crippen molar-refractivity contribution in [3.63, 3.8) is 0 Å². The molecular weight excluding hydrogens is 911 g/mol. The van der Waals surface area contributed by atoms with E-state index >= 15 is 0 Å². The molecular formula is C55H89ClF3NO9. The Morgan fingerprint density at radius 2 is 1.07 bits per heavy atom. The average molecular weight is 1000 g/mol. The number of esters is 2. The van der Waals surface area contributed by atoms with Crippen molar-refractivity contribution >= 4 is 24.3 Å². The van der Waals surface area contributed by atoms with Gasteiger partial charge in [-0.2, -0.15) is 13.2 Å². The molecule has 2 aromatic carbocycles. The molecule has 0 heterocycles. The van der Waals surface area contributed by atoms with Crippen LogP contribution in [0, 0.1) is 12.3 Å². The van der Waals surface area contributed by atoms with Crippen molar-refractivity contribution in [1.82, 2.24) is 5.32 Å². The van der Waals surface area contributed by atoms with Gasteiger partial charge in [0.25, 0.3) is 0 Å². The summed E-state index contributed by atoms with van der Waals surface area (Å²) in [6.07, 6.45) is 26.7. The number of halogens is 4. The number of hydrogen-bond donors (Lipinski definition) is 5. The van der Waals surface area contributed by atoms with E-state index in [1.54, 1.807) is 0 Å². The Morgan fingerprint density at radius 3 is 1.46 bits per heavy atom. The largest absolute Gasteiger partial charge is 0.486 e. The molecule has 2 rings (SSSR count). The Balaban J connectivity index is 0. The number of carbonyl (C=O) groups is 2. The fourth-order valence-corrected chi connectivity index (χ4v) is 7.30. The number of alkyl halides is 3. The molecule has 10 nitrogen and oxygen atoms in total. The normalized spacial score (nSPS) is 13.1. The zero-order valence-corrected chi connectivity index (χ0v) is 42.9. The van der Waals surface area contributed by atoms with E-state index in [0.29, 0.717) is 18.6 Å². The van der Waals surface area contributed by atoms with Crippen LogP contribution in [0.5, 0.6) is 5.75 Å². The summed E-state index contributed by atoms with van der Waals surface area (Å²) in [4.78, 5) is 21.2. The number of carbonyl (C=O) groups excluding carboxylic acids is 2. The number of allylic oxidation sites excluding steroid dienone is 1. The van der Waals surface area contributed by atoms with Gasteiger partial charge in [0.05, 0.1) is 30.0 Å². The minimum Gasteiger partial charge on any atom is -0.486 e. The Hall–Kier alpha value is -3.64. The van der Waals surface area contributed by atoms with Crippen molar-refractivity contribution in [1.29, 1.82) is 0 Å². The Morgan fingerprint density at radius 1 is 0.652 bits per heavy atom. The van der Waals surface area contributed by atoms with Crippen LogP contribution in [0.3, 0.4) is 0 Å². The van der Waals surface area contributed by atoms with E-state index in [1.807, 2.05) is 43.5 Å². The van der Waals surface area contributed by atoms with Crippen LogP contribution in [-0.4, -0.2) is 83.6 Å². The highest BCUT2D eigenvalue weighted by molar-refractivity contribution is 5.85. The number of benzene rings is 2. The highest BCUT2D eigenvalue weighted by Crippen LogP contribution is 2.32. The molecule has 2 aromatic rings. The lowest BCUT2D eigenvalue weighted by Gasteiger charge is -2.20. The van der Waals surface area contributed by atoms with Gasteiger partial charge in [-0.05, 0) is 75.5 Å². The summed E-state index contributed by atoms with van der Waals surface area (Å²) in [6.45, 7) is 7.03. The van der Waals surface area contributed by atoms with Crippen molar-refractivity contribution in [3.8, 4) is 18.1 Å². The highest BCUT2D eigenvalue weighted by Gasteiger charge is 2.30. The van der Waals surface area contributed by atoms with E-state index in [0.717, 1.165) is 75.6 Å². The second-order valence-electron chi connectivity index (χ2n) is 17.6. The van der Waals surface area contributed by atoms with Gasteiger partial charge in [0.1, 0.15) is 25.1 Å². The predicted molar refractivity (Wildman–Crippen MR) is 274 cm³/mol. The number of nitrogens with one attached hydrogen (secondary N) is 1. The summed E-state index contributed by atoms with van der Waals surface area (Å²) in [7, 11) is 1.85. The topological polar surface area (TPSA) is 155 Å². The predicted octanol–water partition coefficient (Wildman–Crippen LogP) is 12.6. The molecule has 5 atom stereocenters. The molecule has 5 N–H and O–H groups in total. The molecule has 0 radical (unpaired) electrons. The van der Waals surface area contributed by atoms with Crippen LogP contribution in [0.2, 0.25) is 0 Å². The van der Waals surface area contributed by atoms with Gasteiger partial charge >= 0.3 is 18.1 Å². The maximum Gasteiger partial charge on any atom is 0.416 e. The maximum atomic E-state index is 12.6. The molecule has 69 heavy (non-hydrogen) atoms. The molecule has 5 unspecified atom stereocenters. The lowest BCUT2D eigenvalue weighted by molar-refractivity contribution is -0.145. The average Bonchev–Trinajstić information content (AvgIpc) is 3.30. The Labute approximate surface area is 420 Å². The second kappa shape index (κ2) is 45.5. The number of unbranched alkanes of at least 4 members (excludes halogenated alkanes) is 18. The molecule has 0 bridgehead atoms. The lowest BCUT2D eigenvalue weighted by atomic mass is 10.0. The van der Waals surface area contributed by atoms with E-state index in [2.05, 4.69) is 17.8 Å². The van der Waals surface area contributed by atoms with Gasteiger partial charge in [-0.3, -0.25) is 9.59 Å². The Bertz CT molecular complexity index is 1550. The minimum atomic E-state index is -4.33. The van der Waals surface area contributed by atoms with Gasteiger partial charge in [0, 0.05) is 39.5 Å². The van der Waals surface area contributed by atoms with Crippen LogP contribution < -0.4 is 10.1 Å². The lowest BCUT2D eigenvalue weighted by Crippen LogP contribution is -2.23. The molecule has 0 amide bonds. The van der Waals surface area contributed by atoms with Crippen molar-refractivity contribution in [2.24, 2.45) is 0 Å². The van der Waals surface area contributed by atoms with E-state index in [-0.39, 0.29) is 44.6 Å². The van der Waals surface area contributed by atoms with Gasteiger partial charge < -0.3 is 40.0 Å². The number of rotatable bonds is 37. The zero-order valence-electron chi connectivity index (χ0n) is 42.1. The van der Waals surface area contributed by atoms with E-state index in [9.17, 15) is 43.2 Å². The molecule has 0 aromatic heterocycles. The quantitative estimate of drug-likeness (QED) is 0.0191. The van der Waals surface area contributed by atoms with Gasteiger partial charge in [-0.15, -0.1) is 31.3 Å². The Kier molecular flexibility index (Phi) is 44.5.